The number of rotatable bonds is 4. The van der Waals surface area contributed by atoms with E-state index >= 15 is 0 Å². The van der Waals surface area contributed by atoms with Gasteiger partial charge in [-0.3, -0.25) is 0 Å². The average Bonchev–Trinajstić information content (AvgIpc) is 2.84. The van der Waals surface area contributed by atoms with Crippen molar-refractivity contribution in [2.75, 3.05) is 56.3 Å². The van der Waals surface area contributed by atoms with E-state index < -0.39 is 0 Å². The summed E-state index contributed by atoms with van der Waals surface area (Å²) in [6, 6.07) is 15.1. The van der Waals surface area contributed by atoms with Crippen LogP contribution in [0.15, 0.2) is 48.8 Å². The SMILES string of the molecule is COc1ccc(C2CCCN(c3ncnc4cc(N5CCOCC5)ccc34)C2)cc1. The smallest absolute Gasteiger partial charge is 0.139 e. The number of benzene rings is 2. The Morgan fingerprint density at radius 1 is 0.967 bits per heavy atom. The van der Waals surface area contributed by atoms with Crippen molar-refractivity contribution < 1.29 is 9.47 Å². The Bertz CT molecular complexity index is 1000. The standard InChI is InChI=1S/C24H28N4O2/c1-29-21-7-4-18(5-8-21)19-3-2-10-28(16-19)24-22-9-6-20(15-23(22)25-17-26-24)27-11-13-30-14-12-27/h4-9,15,17,19H,2-3,10-14,16H2,1H3. The van der Waals surface area contributed by atoms with Crippen LogP contribution in [0.25, 0.3) is 10.9 Å². The zero-order chi connectivity index (χ0) is 20.3. The quantitative estimate of drug-likeness (QED) is 0.658. The van der Waals surface area contributed by atoms with Gasteiger partial charge >= 0.3 is 0 Å². The predicted octanol–water partition coefficient (Wildman–Crippen LogP) is 3.86. The number of piperidine rings is 1. The molecule has 3 heterocycles. The number of morpholine rings is 1. The molecule has 0 N–H and O–H groups in total. The van der Waals surface area contributed by atoms with Gasteiger partial charge in [-0.05, 0) is 48.7 Å². The molecule has 6 nitrogen and oxygen atoms in total. The van der Waals surface area contributed by atoms with Crippen LogP contribution in [-0.2, 0) is 4.74 Å². The molecule has 0 radical (unpaired) electrons. The fourth-order valence-electron chi connectivity index (χ4n) is 4.62. The van der Waals surface area contributed by atoms with Crippen LogP contribution in [0.3, 0.4) is 0 Å². The van der Waals surface area contributed by atoms with Crippen LogP contribution in [-0.4, -0.2) is 56.5 Å². The van der Waals surface area contributed by atoms with Gasteiger partial charge < -0.3 is 19.3 Å². The van der Waals surface area contributed by atoms with Gasteiger partial charge in [0.1, 0.15) is 17.9 Å². The van der Waals surface area contributed by atoms with Crippen molar-refractivity contribution in [3.63, 3.8) is 0 Å². The van der Waals surface area contributed by atoms with E-state index in [-0.39, 0.29) is 0 Å². The topological polar surface area (TPSA) is 50.7 Å². The maximum absolute atomic E-state index is 5.49. The highest BCUT2D eigenvalue weighted by molar-refractivity contribution is 5.91. The lowest BCUT2D eigenvalue weighted by molar-refractivity contribution is 0.122. The van der Waals surface area contributed by atoms with E-state index in [1.54, 1.807) is 13.4 Å². The molecule has 30 heavy (non-hydrogen) atoms. The average molecular weight is 405 g/mol. The van der Waals surface area contributed by atoms with E-state index in [0.717, 1.165) is 68.3 Å². The zero-order valence-electron chi connectivity index (χ0n) is 17.5. The third-order valence-electron chi connectivity index (χ3n) is 6.28. The zero-order valence-corrected chi connectivity index (χ0v) is 17.5. The first kappa shape index (κ1) is 19.1. The predicted molar refractivity (Wildman–Crippen MR) is 120 cm³/mol. The fourth-order valence-corrected chi connectivity index (χ4v) is 4.62. The molecule has 0 aliphatic carbocycles. The first-order valence-corrected chi connectivity index (χ1v) is 10.8. The van der Waals surface area contributed by atoms with Gasteiger partial charge in [-0.15, -0.1) is 0 Å². The number of ether oxygens (including phenoxy) is 2. The van der Waals surface area contributed by atoms with Crippen LogP contribution < -0.4 is 14.5 Å². The first-order valence-electron chi connectivity index (χ1n) is 10.8. The molecule has 0 bridgehead atoms. The number of fused-ring (bicyclic) bond motifs is 1. The molecule has 2 aliphatic heterocycles. The van der Waals surface area contributed by atoms with Gasteiger partial charge in [0.05, 0.1) is 25.8 Å². The van der Waals surface area contributed by atoms with Crippen molar-refractivity contribution in [1.82, 2.24) is 9.97 Å². The maximum atomic E-state index is 5.49. The maximum Gasteiger partial charge on any atom is 0.139 e. The van der Waals surface area contributed by atoms with Crippen molar-refractivity contribution >= 4 is 22.4 Å². The van der Waals surface area contributed by atoms with Gasteiger partial charge in [0.25, 0.3) is 0 Å². The van der Waals surface area contributed by atoms with Crippen molar-refractivity contribution in [2.24, 2.45) is 0 Å². The van der Waals surface area contributed by atoms with Crippen LogP contribution in [0.4, 0.5) is 11.5 Å². The molecule has 156 valence electrons. The molecule has 3 aromatic rings. The van der Waals surface area contributed by atoms with Crippen LogP contribution in [0, 0.1) is 0 Å². The highest BCUT2D eigenvalue weighted by Gasteiger charge is 2.24. The summed E-state index contributed by atoms with van der Waals surface area (Å²) in [5.41, 5.74) is 3.59. The molecule has 0 spiro atoms. The van der Waals surface area contributed by atoms with Crippen molar-refractivity contribution in [3.05, 3.63) is 54.4 Å². The molecule has 2 saturated heterocycles. The Labute approximate surface area is 177 Å². The Balaban J connectivity index is 1.40. The lowest BCUT2D eigenvalue weighted by atomic mass is 9.90. The lowest BCUT2D eigenvalue weighted by Gasteiger charge is -2.34. The van der Waals surface area contributed by atoms with Gasteiger partial charge in [0.2, 0.25) is 0 Å². The molecule has 0 amide bonds. The van der Waals surface area contributed by atoms with Gasteiger partial charge in [-0.25, -0.2) is 9.97 Å². The lowest BCUT2D eigenvalue weighted by Crippen LogP contribution is -2.36. The van der Waals surface area contributed by atoms with Gasteiger partial charge in [-0.1, -0.05) is 12.1 Å². The third-order valence-corrected chi connectivity index (χ3v) is 6.28. The number of nitrogens with zero attached hydrogens (tertiary/aromatic N) is 4. The number of hydrogen-bond acceptors (Lipinski definition) is 6. The molecule has 1 atom stereocenters. The Hall–Kier alpha value is -2.86. The van der Waals surface area contributed by atoms with Crippen molar-refractivity contribution in [1.29, 1.82) is 0 Å². The van der Waals surface area contributed by atoms with Gasteiger partial charge in [0.15, 0.2) is 0 Å². The van der Waals surface area contributed by atoms with E-state index in [0.29, 0.717) is 5.92 Å². The van der Waals surface area contributed by atoms with Crippen LogP contribution in [0.5, 0.6) is 5.75 Å². The van der Waals surface area contributed by atoms with Gasteiger partial charge in [-0.2, -0.15) is 0 Å². The Morgan fingerprint density at radius 3 is 2.60 bits per heavy atom. The number of anilines is 2. The molecule has 5 rings (SSSR count). The molecular formula is C24H28N4O2. The molecule has 1 unspecified atom stereocenters. The summed E-state index contributed by atoms with van der Waals surface area (Å²) in [7, 11) is 1.71. The third kappa shape index (κ3) is 3.79. The minimum Gasteiger partial charge on any atom is -0.497 e. The normalized spacial score (nSPS) is 19.8. The number of aromatic nitrogens is 2. The summed E-state index contributed by atoms with van der Waals surface area (Å²) in [6.45, 7) is 5.44. The summed E-state index contributed by atoms with van der Waals surface area (Å²) < 4.78 is 10.8. The summed E-state index contributed by atoms with van der Waals surface area (Å²) in [4.78, 5) is 14.1. The van der Waals surface area contributed by atoms with Gasteiger partial charge in [0, 0.05) is 43.2 Å². The molecular weight excluding hydrogens is 376 g/mol. The number of methoxy groups -OCH3 is 1. The minimum atomic E-state index is 0.502. The molecule has 2 fully saturated rings. The van der Waals surface area contributed by atoms with Crippen LogP contribution >= 0.6 is 0 Å². The molecule has 1 aromatic heterocycles. The largest absolute Gasteiger partial charge is 0.497 e. The van der Waals surface area contributed by atoms with E-state index in [1.807, 2.05) is 0 Å². The first-order chi connectivity index (χ1) is 14.8. The van der Waals surface area contributed by atoms with Crippen molar-refractivity contribution in [2.45, 2.75) is 18.8 Å². The Morgan fingerprint density at radius 2 is 1.80 bits per heavy atom. The van der Waals surface area contributed by atoms with Crippen molar-refractivity contribution in [3.8, 4) is 5.75 Å². The summed E-state index contributed by atoms with van der Waals surface area (Å²) >= 11 is 0. The van der Waals surface area contributed by atoms with Crippen LogP contribution in [0.1, 0.15) is 24.3 Å². The Kier molecular flexibility index (Phi) is 5.41. The minimum absolute atomic E-state index is 0.502. The second-order valence-corrected chi connectivity index (χ2v) is 8.06. The molecule has 0 saturated carbocycles. The molecule has 2 aliphatic rings. The summed E-state index contributed by atoms with van der Waals surface area (Å²) in [6.07, 6.45) is 4.07. The van der Waals surface area contributed by atoms with E-state index in [9.17, 15) is 0 Å². The van der Waals surface area contributed by atoms with Crippen LogP contribution in [0.2, 0.25) is 0 Å². The monoisotopic (exact) mass is 404 g/mol. The van der Waals surface area contributed by atoms with E-state index in [1.165, 1.54) is 17.7 Å². The summed E-state index contributed by atoms with van der Waals surface area (Å²) in [5.74, 6) is 2.46. The summed E-state index contributed by atoms with van der Waals surface area (Å²) in [5, 5.41) is 1.13. The molecule has 2 aromatic carbocycles. The molecule has 6 heteroatoms. The van der Waals surface area contributed by atoms with E-state index in [2.05, 4.69) is 62.2 Å². The fraction of sp³-hybridized carbons (Fsp3) is 0.417. The second kappa shape index (κ2) is 8.48. The highest BCUT2D eigenvalue weighted by Crippen LogP contribution is 2.33. The second-order valence-electron chi connectivity index (χ2n) is 8.06. The number of hydrogen-bond donors (Lipinski definition) is 0. The van der Waals surface area contributed by atoms with E-state index in [4.69, 9.17) is 9.47 Å². The highest BCUT2D eigenvalue weighted by atomic mass is 16.5.